The molecular formula is C11H19ClN2. The molecule has 0 fully saturated rings. The Kier molecular flexibility index (Phi) is 5.39. The summed E-state index contributed by atoms with van der Waals surface area (Å²) in [5.74, 6) is 0. The predicted octanol–water partition coefficient (Wildman–Crippen LogP) is 2.85. The minimum absolute atomic E-state index is 0. The van der Waals surface area contributed by atoms with Crippen LogP contribution in [0.1, 0.15) is 19.4 Å². The van der Waals surface area contributed by atoms with Crippen molar-refractivity contribution in [3.8, 4) is 0 Å². The second-order valence-corrected chi connectivity index (χ2v) is 3.21. The number of nitrogen functional groups attached to an aromatic ring is 1. The summed E-state index contributed by atoms with van der Waals surface area (Å²) in [6.07, 6.45) is 0. The molecule has 2 nitrogen and oxygen atoms in total. The fourth-order valence-corrected chi connectivity index (χ4v) is 1.41. The Balaban J connectivity index is 0.00000169. The van der Waals surface area contributed by atoms with Gasteiger partial charge in [-0.3, -0.25) is 0 Å². The maximum absolute atomic E-state index is 5.84. The number of halogens is 1. The van der Waals surface area contributed by atoms with Gasteiger partial charge in [-0.15, -0.1) is 12.4 Å². The quantitative estimate of drug-likeness (QED) is 0.785. The number of aryl methyl sites for hydroxylation is 1. The van der Waals surface area contributed by atoms with Gasteiger partial charge in [0.1, 0.15) is 0 Å². The largest absolute Gasteiger partial charge is 0.398 e. The van der Waals surface area contributed by atoms with Crippen molar-refractivity contribution in [2.75, 3.05) is 23.7 Å². The molecule has 3 heteroatoms. The van der Waals surface area contributed by atoms with Gasteiger partial charge < -0.3 is 10.6 Å². The van der Waals surface area contributed by atoms with Crippen LogP contribution >= 0.6 is 12.4 Å². The number of benzene rings is 1. The summed E-state index contributed by atoms with van der Waals surface area (Å²) in [6.45, 7) is 8.39. The van der Waals surface area contributed by atoms with Crippen LogP contribution in [0.5, 0.6) is 0 Å². The monoisotopic (exact) mass is 214 g/mol. The molecule has 0 saturated carbocycles. The van der Waals surface area contributed by atoms with Crippen LogP contribution < -0.4 is 10.6 Å². The van der Waals surface area contributed by atoms with E-state index in [9.17, 15) is 0 Å². The third-order valence-corrected chi connectivity index (χ3v) is 2.39. The minimum atomic E-state index is 0. The molecule has 0 aliphatic carbocycles. The van der Waals surface area contributed by atoms with Gasteiger partial charge in [-0.25, -0.2) is 0 Å². The Morgan fingerprint density at radius 3 is 2.21 bits per heavy atom. The molecule has 0 radical (unpaired) electrons. The van der Waals surface area contributed by atoms with Crippen molar-refractivity contribution in [1.82, 2.24) is 0 Å². The van der Waals surface area contributed by atoms with Gasteiger partial charge in [-0.05, 0) is 38.5 Å². The van der Waals surface area contributed by atoms with Gasteiger partial charge in [0.25, 0.3) is 0 Å². The van der Waals surface area contributed by atoms with Gasteiger partial charge in [0.15, 0.2) is 0 Å². The van der Waals surface area contributed by atoms with Crippen molar-refractivity contribution >= 4 is 23.8 Å². The molecule has 0 saturated heterocycles. The van der Waals surface area contributed by atoms with Crippen molar-refractivity contribution < 1.29 is 0 Å². The molecule has 0 atom stereocenters. The fraction of sp³-hybridized carbons (Fsp3) is 0.455. The molecule has 0 heterocycles. The summed E-state index contributed by atoms with van der Waals surface area (Å²) in [5, 5.41) is 0. The van der Waals surface area contributed by atoms with E-state index in [0.717, 1.165) is 24.3 Å². The zero-order valence-electron chi connectivity index (χ0n) is 9.08. The number of nitrogens with zero attached hydrogens (tertiary/aromatic N) is 1. The van der Waals surface area contributed by atoms with Crippen LogP contribution in [0.15, 0.2) is 18.2 Å². The molecule has 0 aliphatic heterocycles. The molecule has 14 heavy (non-hydrogen) atoms. The Morgan fingerprint density at radius 2 is 1.79 bits per heavy atom. The number of hydrogen-bond acceptors (Lipinski definition) is 2. The number of anilines is 2. The highest BCUT2D eigenvalue weighted by Gasteiger charge is 2.02. The van der Waals surface area contributed by atoms with Gasteiger partial charge in [0.2, 0.25) is 0 Å². The predicted molar refractivity (Wildman–Crippen MR) is 66.4 cm³/mol. The van der Waals surface area contributed by atoms with E-state index >= 15 is 0 Å². The first-order valence-corrected chi connectivity index (χ1v) is 4.80. The molecule has 0 aliphatic rings. The van der Waals surface area contributed by atoms with Crippen molar-refractivity contribution in [1.29, 1.82) is 0 Å². The first-order chi connectivity index (χ1) is 6.19. The van der Waals surface area contributed by atoms with E-state index in [1.54, 1.807) is 0 Å². The molecule has 0 amide bonds. The van der Waals surface area contributed by atoms with E-state index < -0.39 is 0 Å². The molecule has 0 unspecified atom stereocenters. The lowest BCUT2D eigenvalue weighted by Crippen LogP contribution is -2.21. The van der Waals surface area contributed by atoms with Gasteiger partial charge in [-0.2, -0.15) is 0 Å². The smallest absolute Gasteiger partial charge is 0.0386 e. The summed E-state index contributed by atoms with van der Waals surface area (Å²) in [6, 6.07) is 6.24. The van der Waals surface area contributed by atoms with Crippen molar-refractivity contribution in [3.63, 3.8) is 0 Å². The maximum atomic E-state index is 5.84. The third kappa shape index (κ3) is 2.81. The molecule has 1 rings (SSSR count). The molecule has 0 aromatic heterocycles. The second-order valence-electron chi connectivity index (χ2n) is 3.21. The molecule has 1 aromatic rings. The lowest BCUT2D eigenvalue weighted by molar-refractivity contribution is 0.866. The molecule has 0 spiro atoms. The van der Waals surface area contributed by atoms with Crippen molar-refractivity contribution in [2.45, 2.75) is 20.8 Å². The van der Waals surface area contributed by atoms with Gasteiger partial charge in [0.05, 0.1) is 0 Å². The summed E-state index contributed by atoms with van der Waals surface area (Å²) in [5.41, 5.74) is 9.09. The zero-order chi connectivity index (χ0) is 9.84. The summed E-state index contributed by atoms with van der Waals surface area (Å²) in [4.78, 5) is 2.29. The van der Waals surface area contributed by atoms with Crippen LogP contribution in [-0.2, 0) is 0 Å². The normalized spacial score (nSPS) is 9.36. The SMILES string of the molecule is CCN(CC)c1ccc(C)c(N)c1.Cl. The van der Waals surface area contributed by atoms with Crippen LogP contribution in [0.25, 0.3) is 0 Å². The topological polar surface area (TPSA) is 29.3 Å². The molecule has 80 valence electrons. The zero-order valence-corrected chi connectivity index (χ0v) is 9.90. The van der Waals surface area contributed by atoms with Gasteiger partial charge >= 0.3 is 0 Å². The Morgan fingerprint density at radius 1 is 1.21 bits per heavy atom. The average Bonchev–Trinajstić information content (AvgIpc) is 2.13. The van der Waals surface area contributed by atoms with E-state index in [0.29, 0.717) is 0 Å². The Labute approximate surface area is 92.5 Å². The molecule has 0 bridgehead atoms. The number of hydrogen-bond donors (Lipinski definition) is 1. The van der Waals surface area contributed by atoms with E-state index in [2.05, 4.69) is 30.9 Å². The van der Waals surface area contributed by atoms with Crippen LogP contribution in [-0.4, -0.2) is 13.1 Å². The van der Waals surface area contributed by atoms with Crippen LogP contribution in [0.2, 0.25) is 0 Å². The van der Waals surface area contributed by atoms with Crippen molar-refractivity contribution in [3.05, 3.63) is 23.8 Å². The van der Waals surface area contributed by atoms with E-state index in [-0.39, 0.29) is 12.4 Å². The standard InChI is InChI=1S/C11H18N2.ClH/c1-4-13(5-2)10-7-6-9(3)11(12)8-10;/h6-8H,4-5,12H2,1-3H3;1H. The lowest BCUT2D eigenvalue weighted by Gasteiger charge is -2.21. The summed E-state index contributed by atoms with van der Waals surface area (Å²) >= 11 is 0. The summed E-state index contributed by atoms with van der Waals surface area (Å²) < 4.78 is 0. The highest BCUT2D eigenvalue weighted by molar-refractivity contribution is 5.85. The minimum Gasteiger partial charge on any atom is -0.398 e. The average molecular weight is 215 g/mol. The number of rotatable bonds is 3. The van der Waals surface area contributed by atoms with Crippen LogP contribution in [0.4, 0.5) is 11.4 Å². The van der Waals surface area contributed by atoms with Gasteiger partial charge in [-0.1, -0.05) is 6.07 Å². The fourth-order valence-electron chi connectivity index (χ4n) is 1.41. The van der Waals surface area contributed by atoms with Crippen molar-refractivity contribution in [2.24, 2.45) is 0 Å². The van der Waals surface area contributed by atoms with E-state index in [4.69, 9.17) is 5.73 Å². The molecule has 1 aromatic carbocycles. The highest BCUT2D eigenvalue weighted by atomic mass is 35.5. The first-order valence-electron chi connectivity index (χ1n) is 4.80. The first kappa shape index (κ1) is 13.1. The van der Waals surface area contributed by atoms with Crippen LogP contribution in [0.3, 0.4) is 0 Å². The maximum Gasteiger partial charge on any atom is 0.0386 e. The van der Waals surface area contributed by atoms with E-state index in [1.807, 2.05) is 13.0 Å². The van der Waals surface area contributed by atoms with Crippen LogP contribution in [0, 0.1) is 6.92 Å². The molecule has 2 N–H and O–H groups in total. The molecular weight excluding hydrogens is 196 g/mol. The highest BCUT2D eigenvalue weighted by Crippen LogP contribution is 2.20. The van der Waals surface area contributed by atoms with Gasteiger partial charge in [0, 0.05) is 24.5 Å². The number of nitrogens with two attached hydrogens (primary N) is 1. The second kappa shape index (κ2) is 5.76. The lowest BCUT2D eigenvalue weighted by atomic mass is 10.2. The summed E-state index contributed by atoms with van der Waals surface area (Å²) in [7, 11) is 0. The Hall–Kier alpha value is -0.890. The Bertz CT molecular complexity index is 283. The van der Waals surface area contributed by atoms with E-state index in [1.165, 1.54) is 5.69 Å². The third-order valence-electron chi connectivity index (χ3n) is 2.39.